The van der Waals surface area contributed by atoms with Crippen molar-refractivity contribution in [3.05, 3.63) is 47.3 Å². The fraction of sp³-hybridized carbons (Fsp3) is 0.400. The average Bonchev–Trinajstić information content (AvgIpc) is 2.76. The van der Waals surface area contributed by atoms with Gasteiger partial charge in [0.05, 0.1) is 12.8 Å². The minimum Gasteiger partial charge on any atom is -0.497 e. The largest absolute Gasteiger partial charge is 0.497 e. The molecule has 0 aliphatic rings. The van der Waals surface area contributed by atoms with E-state index in [1.165, 1.54) is 11.3 Å². The number of ether oxygens (including phenoxy) is 1. The summed E-state index contributed by atoms with van der Waals surface area (Å²) in [5, 5.41) is 4.36. The molecular weight excluding hydrogens is 252 g/mol. The highest BCUT2D eigenvalue weighted by molar-refractivity contribution is 5.29. The lowest BCUT2D eigenvalue weighted by molar-refractivity contribution is 0.413. The zero-order chi connectivity index (χ0) is 14.5. The minimum atomic E-state index is 0.164. The van der Waals surface area contributed by atoms with Crippen LogP contribution in [0, 0.1) is 6.92 Å². The number of hydrogen-bond acceptors (Lipinski definition) is 4. The molecule has 20 heavy (non-hydrogen) atoms. The van der Waals surface area contributed by atoms with Crippen LogP contribution >= 0.6 is 0 Å². The van der Waals surface area contributed by atoms with Crippen LogP contribution in [0.15, 0.2) is 30.3 Å². The normalized spacial score (nSPS) is 12.4. The molecule has 0 saturated heterocycles. The Kier molecular flexibility index (Phi) is 4.76. The second kappa shape index (κ2) is 6.54. The van der Waals surface area contributed by atoms with Crippen molar-refractivity contribution in [1.82, 2.24) is 15.2 Å². The molecule has 0 fully saturated rings. The number of rotatable bonds is 6. The lowest BCUT2D eigenvalue weighted by atomic mass is 10.0. The van der Waals surface area contributed by atoms with Crippen molar-refractivity contribution in [2.24, 2.45) is 12.9 Å². The van der Waals surface area contributed by atoms with Crippen LogP contribution in [-0.2, 0) is 19.9 Å². The average molecular weight is 274 g/mol. The number of hydrazine groups is 1. The highest BCUT2D eigenvalue weighted by Gasteiger charge is 2.12. The molecule has 0 bridgehead atoms. The van der Waals surface area contributed by atoms with E-state index in [1.807, 2.05) is 36.9 Å². The third-order valence-electron chi connectivity index (χ3n) is 3.41. The van der Waals surface area contributed by atoms with Gasteiger partial charge in [-0.1, -0.05) is 12.1 Å². The molecule has 0 aliphatic carbocycles. The van der Waals surface area contributed by atoms with E-state index < -0.39 is 0 Å². The smallest absolute Gasteiger partial charge is 0.119 e. The van der Waals surface area contributed by atoms with E-state index >= 15 is 0 Å². The molecule has 0 saturated carbocycles. The summed E-state index contributed by atoms with van der Waals surface area (Å²) in [6.07, 6.45) is 1.68. The molecule has 1 heterocycles. The lowest BCUT2D eigenvalue weighted by Gasteiger charge is -2.16. The van der Waals surface area contributed by atoms with Crippen LogP contribution in [0.2, 0.25) is 0 Å². The zero-order valence-corrected chi connectivity index (χ0v) is 12.3. The van der Waals surface area contributed by atoms with Gasteiger partial charge in [-0.05, 0) is 37.1 Å². The lowest BCUT2D eigenvalue weighted by Crippen LogP contribution is -2.38. The van der Waals surface area contributed by atoms with Gasteiger partial charge >= 0.3 is 0 Å². The maximum Gasteiger partial charge on any atom is 0.119 e. The van der Waals surface area contributed by atoms with Crippen molar-refractivity contribution in [2.75, 3.05) is 7.11 Å². The predicted molar refractivity (Wildman–Crippen MR) is 79.5 cm³/mol. The molecule has 0 aliphatic heterocycles. The molecule has 1 aromatic carbocycles. The number of aryl methyl sites for hydroxylation is 2. The highest BCUT2D eigenvalue weighted by atomic mass is 16.5. The highest BCUT2D eigenvalue weighted by Crippen LogP contribution is 2.15. The molecular formula is C15H22N4O. The molecule has 1 aromatic heterocycles. The van der Waals surface area contributed by atoms with Crippen molar-refractivity contribution < 1.29 is 4.74 Å². The van der Waals surface area contributed by atoms with Gasteiger partial charge in [0.25, 0.3) is 0 Å². The van der Waals surface area contributed by atoms with Gasteiger partial charge in [0.2, 0.25) is 0 Å². The topological polar surface area (TPSA) is 65.1 Å². The van der Waals surface area contributed by atoms with Gasteiger partial charge in [-0.15, -0.1) is 0 Å². The summed E-state index contributed by atoms with van der Waals surface area (Å²) in [7, 11) is 3.64. The number of methoxy groups -OCH3 is 1. The van der Waals surface area contributed by atoms with E-state index in [1.54, 1.807) is 7.11 Å². The maximum absolute atomic E-state index is 5.68. The minimum absolute atomic E-state index is 0.164. The standard InChI is InChI=1S/C15H22N4O/c1-11-7-14(19(2)18-11)10-13(17-16)8-12-5-4-6-15(9-12)20-3/h4-7,9,13,17H,8,10,16H2,1-3H3. The fourth-order valence-corrected chi connectivity index (χ4v) is 2.38. The zero-order valence-electron chi connectivity index (χ0n) is 12.3. The van der Waals surface area contributed by atoms with Gasteiger partial charge in [-0.25, -0.2) is 0 Å². The maximum atomic E-state index is 5.68. The van der Waals surface area contributed by atoms with Gasteiger partial charge in [0, 0.05) is 25.2 Å². The van der Waals surface area contributed by atoms with E-state index in [4.69, 9.17) is 10.6 Å². The Morgan fingerprint density at radius 2 is 2.15 bits per heavy atom. The Morgan fingerprint density at radius 1 is 1.35 bits per heavy atom. The van der Waals surface area contributed by atoms with Crippen molar-refractivity contribution >= 4 is 0 Å². The summed E-state index contributed by atoms with van der Waals surface area (Å²) in [5.41, 5.74) is 6.29. The second-order valence-corrected chi connectivity index (χ2v) is 5.02. The Morgan fingerprint density at radius 3 is 2.75 bits per heavy atom. The first-order valence-corrected chi connectivity index (χ1v) is 6.71. The summed E-state index contributed by atoms with van der Waals surface area (Å²) in [6.45, 7) is 2.00. The van der Waals surface area contributed by atoms with Crippen LogP contribution in [0.5, 0.6) is 5.75 Å². The fourth-order valence-electron chi connectivity index (χ4n) is 2.38. The van der Waals surface area contributed by atoms with E-state index in [9.17, 15) is 0 Å². The SMILES string of the molecule is COc1cccc(CC(Cc2cc(C)nn2C)NN)c1. The molecule has 2 rings (SSSR count). The van der Waals surface area contributed by atoms with Gasteiger partial charge < -0.3 is 4.74 Å². The Hall–Kier alpha value is -1.85. The monoisotopic (exact) mass is 274 g/mol. The number of nitrogens with two attached hydrogens (primary N) is 1. The van der Waals surface area contributed by atoms with Gasteiger partial charge in [-0.2, -0.15) is 5.10 Å². The van der Waals surface area contributed by atoms with E-state index in [0.717, 1.165) is 24.3 Å². The van der Waals surface area contributed by atoms with E-state index in [0.29, 0.717) is 0 Å². The summed E-state index contributed by atoms with van der Waals surface area (Å²) >= 11 is 0. The predicted octanol–water partition coefficient (Wildman–Crippen LogP) is 1.35. The summed E-state index contributed by atoms with van der Waals surface area (Å²) in [6, 6.07) is 10.3. The number of benzene rings is 1. The van der Waals surface area contributed by atoms with Gasteiger partial charge in [0.15, 0.2) is 0 Å². The molecule has 1 unspecified atom stereocenters. The van der Waals surface area contributed by atoms with Crippen LogP contribution in [0.25, 0.3) is 0 Å². The van der Waals surface area contributed by atoms with Crippen LogP contribution in [0.4, 0.5) is 0 Å². The molecule has 2 aromatic rings. The third-order valence-corrected chi connectivity index (χ3v) is 3.41. The van der Waals surface area contributed by atoms with E-state index in [-0.39, 0.29) is 6.04 Å². The Bertz CT molecular complexity index is 565. The molecule has 0 spiro atoms. The molecule has 1 atom stereocenters. The van der Waals surface area contributed by atoms with Crippen LogP contribution in [-0.4, -0.2) is 22.9 Å². The number of aromatic nitrogens is 2. The van der Waals surface area contributed by atoms with Crippen molar-refractivity contribution in [1.29, 1.82) is 0 Å². The second-order valence-electron chi connectivity index (χ2n) is 5.02. The van der Waals surface area contributed by atoms with E-state index in [2.05, 4.69) is 22.7 Å². The molecule has 5 nitrogen and oxygen atoms in total. The van der Waals surface area contributed by atoms with Crippen LogP contribution < -0.4 is 16.0 Å². The molecule has 0 amide bonds. The summed E-state index contributed by atoms with van der Waals surface area (Å²) in [4.78, 5) is 0. The quantitative estimate of drug-likeness (QED) is 0.616. The first kappa shape index (κ1) is 14.6. The summed E-state index contributed by atoms with van der Waals surface area (Å²) in [5.74, 6) is 6.56. The van der Waals surface area contributed by atoms with Crippen LogP contribution in [0.3, 0.4) is 0 Å². The summed E-state index contributed by atoms with van der Waals surface area (Å²) < 4.78 is 7.15. The Labute approximate surface area is 119 Å². The first-order chi connectivity index (χ1) is 9.62. The van der Waals surface area contributed by atoms with Crippen molar-refractivity contribution in [2.45, 2.75) is 25.8 Å². The van der Waals surface area contributed by atoms with Gasteiger partial charge in [0.1, 0.15) is 5.75 Å². The third kappa shape index (κ3) is 3.59. The molecule has 108 valence electrons. The molecule has 0 radical (unpaired) electrons. The molecule has 3 N–H and O–H groups in total. The van der Waals surface area contributed by atoms with Crippen molar-refractivity contribution in [3.63, 3.8) is 0 Å². The Balaban J connectivity index is 2.06. The number of hydrogen-bond donors (Lipinski definition) is 2. The number of nitrogens with one attached hydrogen (secondary N) is 1. The first-order valence-electron chi connectivity index (χ1n) is 6.71. The number of nitrogens with zero attached hydrogens (tertiary/aromatic N) is 2. The van der Waals surface area contributed by atoms with Gasteiger partial charge in [-0.3, -0.25) is 16.0 Å². The van der Waals surface area contributed by atoms with Crippen molar-refractivity contribution in [3.8, 4) is 5.75 Å². The molecule has 5 heteroatoms. The van der Waals surface area contributed by atoms with Crippen LogP contribution in [0.1, 0.15) is 17.0 Å².